The Bertz CT molecular complexity index is 1220. The summed E-state index contributed by atoms with van der Waals surface area (Å²) in [6.07, 6.45) is 16.6. The highest BCUT2D eigenvalue weighted by molar-refractivity contribution is 5.83. The zero-order valence-electron chi connectivity index (χ0n) is 23.3. The van der Waals surface area contributed by atoms with Gasteiger partial charge in [0.25, 0.3) is 0 Å². The average Bonchev–Trinajstić information content (AvgIpc) is 3.71. The molecule has 3 fully saturated rings. The third-order valence-electron chi connectivity index (χ3n) is 9.13. The van der Waals surface area contributed by atoms with Crippen LogP contribution in [-0.4, -0.2) is 82.8 Å². The van der Waals surface area contributed by atoms with Crippen molar-refractivity contribution in [2.45, 2.75) is 64.5 Å². The first-order valence-electron chi connectivity index (χ1n) is 14.8. The van der Waals surface area contributed by atoms with Crippen molar-refractivity contribution in [2.24, 2.45) is 11.8 Å². The first-order chi connectivity index (χ1) is 18.5. The van der Waals surface area contributed by atoms with E-state index in [-0.39, 0.29) is 5.60 Å². The van der Waals surface area contributed by atoms with Crippen LogP contribution in [0.1, 0.15) is 58.4 Å². The summed E-state index contributed by atoms with van der Waals surface area (Å²) in [6, 6.07) is 4.94. The molecule has 2 saturated heterocycles. The fourth-order valence-electron chi connectivity index (χ4n) is 6.75. The summed E-state index contributed by atoms with van der Waals surface area (Å²) in [6.45, 7) is 13.0. The lowest BCUT2D eigenvalue weighted by Crippen LogP contribution is -2.55. The summed E-state index contributed by atoms with van der Waals surface area (Å²) < 4.78 is 8.55. The van der Waals surface area contributed by atoms with Gasteiger partial charge in [-0.25, -0.2) is 4.52 Å². The molecule has 0 bridgehead atoms. The fraction of sp³-hybridized carbons (Fsp3) is 0.613. The van der Waals surface area contributed by atoms with E-state index in [4.69, 9.17) is 4.74 Å². The largest absolute Gasteiger partial charge is 0.373 e. The number of aromatic nitrogens is 2. The third kappa shape index (κ3) is 4.91. The molecular weight excluding hydrogens is 474 g/mol. The second-order valence-corrected chi connectivity index (χ2v) is 11.9. The summed E-state index contributed by atoms with van der Waals surface area (Å²) in [5.74, 6) is 1.06. The van der Waals surface area contributed by atoms with Crippen LogP contribution in [-0.2, 0) is 9.53 Å². The van der Waals surface area contributed by atoms with Crippen molar-refractivity contribution in [1.29, 1.82) is 0 Å². The Morgan fingerprint density at radius 1 is 1.18 bits per heavy atom. The van der Waals surface area contributed by atoms with E-state index in [1.165, 1.54) is 29.8 Å². The maximum Gasteiger partial charge on any atom is 0.225 e. The lowest BCUT2D eigenvalue weighted by atomic mass is 9.75. The highest BCUT2D eigenvalue weighted by Crippen LogP contribution is 2.40. The molecule has 2 atom stereocenters. The molecular formula is C31H43N5O2. The lowest BCUT2D eigenvalue weighted by molar-refractivity contribution is -0.132. The van der Waals surface area contributed by atoms with Gasteiger partial charge in [0.05, 0.1) is 16.8 Å². The average molecular weight is 518 g/mol. The van der Waals surface area contributed by atoms with Crippen molar-refractivity contribution in [3.63, 3.8) is 0 Å². The van der Waals surface area contributed by atoms with Crippen LogP contribution < -0.4 is 4.90 Å². The number of likely N-dealkylation sites (tertiary alicyclic amines) is 1. The number of rotatable bonds is 7. The molecule has 6 rings (SSSR count). The number of hydrogen-bond donors (Lipinski definition) is 0. The van der Waals surface area contributed by atoms with Crippen molar-refractivity contribution in [3.8, 4) is 0 Å². The molecule has 1 amide bonds. The third-order valence-corrected chi connectivity index (χ3v) is 9.13. The highest BCUT2D eigenvalue weighted by Gasteiger charge is 2.42. The molecule has 1 saturated carbocycles. The van der Waals surface area contributed by atoms with E-state index in [1.54, 1.807) is 0 Å². The zero-order chi connectivity index (χ0) is 26.3. The van der Waals surface area contributed by atoms with Gasteiger partial charge in [0.2, 0.25) is 5.91 Å². The normalized spacial score (nSPS) is 26.8. The molecule has 38 heavy (non-hydrogen) atoms. The van der Waals surface area contributed by atoms with E-state index in [0.717, 1.165) is 70.5 Å². The molecule has 0 N–H and O–H groups in total. The number of anilines is 1. The standard InChI is InChI=1S/C31H43N5O2/c1-4-38-31(13-5-15-35(22-31)23(2)3)27-10-8-24(9-11-27)26-20-29-28(12-14-32-36(29)21-26)33-16-18-34(19-17-33)30(37)25-6-7-25/h8-10,12,14,20-21,23,25,27H,4-7,11,13,15-19,22H2,1-3H3/t27?,31-/m1/s1. The smallest absolute Gasteiger partial charge is 0.225 e. The SMILES string of the molecule is CCO[C@]1(C2C=CC(c3cc4c(N5CCN(C(=O)C6CC6)CC5)ccnn4c3)=CC2)CCCN(C(C)C)C1. The Kier molecular flexibility index (Phi) is 7.08. The van der Waals surface area contributed by atoms with Crippen molar-refractivity contribution in [1.82, 2.24) is 19.4 Å². The Morgan fingerprint density at radius 3 is 2.68 bits per heavy atom. The molecule has 2 aromatic rings. The van der Waals surface area contributed by atoms with Gasteiger partial charge in [0.1, 0.15) is 0 Å². The van der Waals surface area contributed by atoms with Gasteiger partial charge in [-0.3, -0.25) is 9.69 Å². The van der Waals surface area contributed by atoms with Gasteiger partial charge >= 0.3 is 0 Å². The number of carbonyl (C=O) groups is 1. The first-order valence-corrected chi connectivity index (χ1v) is 14.8. The summed E-state index contributed by atoms with van der Waals surface area (Å²) >= 11 is 0. The van der Waals surface area contributed by atoms with Gasteiger partial charge in [-0.05, 0) is 77.1 Å². The fourth-order valence-corrected chi connectivity index (χ4v) is 6.75. The summed E-state index contributed by atoms with van der Waals surface area (Å²) in [5.41, 5.74) is 4.71. The first kappa shape index (κ1) is 25.6. The van der Waals surface area contributed by atoms with Crippen LogP contribution in [0.5, 0.6) is 0 Å². The molecule has 7 heteroatoms. The Balaban J connectivity index is 1.17. The zero-order valence-corrected chi connectivity index (χ0v) is 23.3. The van der Waals surface area contributed by atoms with Crippen LogP contribution in [0.4, 0.5) is 5.69 Å². The number of amides is 1. The second-order valence-electron chi connectivity index (χ2n) is 11.9. The number of piperazine rings is 1. The molecule has 1 unspecified atom stereocenters. The summed E-state index contributed by atoms with van der Waals surface area (Å²) in [4.78, 5) is 19.5. The number of ether oxygens (including phenoxy) is 1. The van der Waals surface area contributed by atoms with Crippen molar-refractivity contribution < 1.29 is 9.53 Å². The lowest BCUT2D eigenvalue weighted by Gasteiger charge is -2.48. The predicted molar refractivity (Wildman–Crippen MR) is 152 cm³/mol. The van der Waals surface area contributed by atoms with E-state index >= 15 is 0 Å². The number of nitrogens with zero attached hydrogens (tertiary/aromatic N) is 5. The number of hydrogen-bond acceptors (Lipinski definition) is 5. The van der Waals surface area contributed by atoms with Gasteiger partial charge < -0.3 is 14.5 Å². The number of piperidine rings is 1. The van der Waals surface area contributed by atoms with Crippen LogP contribution in [0.15, 0.2) is 42.8 Å². The van der Waals surface area contributed by atoms with Gasteiger partial charge in [-0.2, -0.15) is 5.10 Å². The topological polar surface area (TPSA) is 53.3 Å². The monoisotopic (exact) mass is 517 g/mol. The van der Waals surface area contributed by atoms with Crippen molar-refractivity contribution >= 4 is 22.7 Å². The van der Waals surface area contributed by atoms with Gasteiger partial charge in [-0.15, -0.1) is 0 Å². The van der Waals surface area contributed by atoms with Gasteiger partial charge in [0.15, 0.2) is 0 Å². The molecule has 0 spiro atoms. The molecule has 2 aromatic heterocycles. The minimum absolute atomic E-state index is 0.0982. The molecule has 4 aliphatic rings. The van der Waals surface area contributed by atoms with E-state index in [9.17, 15) is 4.79 Å². The van der Waals surface area contributed by atoms with E-state index in [0.29, 0.717) is 23.8 Å². The van der Waals surface area contributed by atoms with Gasteiger partial charge in [0, 0.05) is 75.2 Å². The predicted octanol–water partition coefficient (Wildman–Crippen LogP) is 4.63. The van der Waals surface area contributed by atoms with Gasteiger partial charge in [-0.1, -0.05) is 18.2 Å². The Morgan fingerprint density at radius 2 is 2.00 bits per heavy atom. The van der Waals surface area contributed by atoms with Crippen molar-refractivity contribution in [3.05, 3.63) is 48.3 Å². The quantitative estimate of drug-likeness (QED) is 0.536. The maximum absolute atomic E-state index is 12.5. The molecule has 4 heterocycles. The Hall–Kier alpha value is -2.64. The minimum atomic E-state index is -0.0982. The van der Waals surface area contributed by atoms with Crippen LogP contribution in [0.3, 0.4) is 0 Å². The number of carbonyl (C=O) groups excluding carboxylic acids is 1. The van der Waals surface area contributed by atoms with Crippen molar-refractivity contribution in [2.75, 3.05) is 50.8 Å². The van der Waals surface area contributed by atoms with E-state index in [2.05, 4.69) is 77.1 Å². The van der Waals surface area contributed by atoms with Crippen LogP contribution in [0.25, 0.3) is 11.1 Å². The molecule has 204 valence electrons. The second kappa shape index (κ2) is 10.5. The Labute approximate surface area is 227 Å². The van der Waals surface area contributed by atoms with Crippen LogP contribution in [0.2, 0.25) is 0 Å². The van der Waals surface area contributed by atoms with Crippen LogP contribution in [0, 0.1) is 11.8 Å². The maximum atomic E-state index is 12.5. The molecule has 2 aliphatic heterocycles. The molecule has 0 aromatic carbocycles. The van der Waals surface area contributed by atoms with E-state index < -0.39 is 0 Å². The number of fused-ring (bicyclic) bond motifs is 1. The summed E-state index contributed by atoms with van der Waals surface area (Å²) in [7, 11) is 0. The summed E-state index contributed by atoms with van der Waals surface area (Å²) in [5, 5.41) is 4.62. The molecule has 7 nitrogen and oxygen atoms in total. The molecule has 2 aliphatic carbocycles. The highest BCUT2D eigenvalue weighted by atomic mass is 16.5. The van der Waals surface area contributed by atoms with Crippen LogP contribution >= 0.6 is 0 Å². The number of allylic oxidation sites excluding steroid dienone is 3. The van der Waals surface area contributed by atoms with E-state index in [1.807, 2.05) is 10.7 Å². The molecule has 0 radical (unpaired) electrons. The minimum Gasteiger partial charge on any atom is -0.373 e.